The van der Waals surface area contributed by atoms with Crippen molar-refractivity contribution in [1.29, 1.82) is 0 Å². The molecule has 0 fully saturated rings. The SMILES string of the molecule is CCCSP(=O)(OCC)Oc1ccc(SS(=O)(=O)c2ccc(C)cc2)cc1. The van der Waals surface area contributed by atoms with Crippen molar-refractivity contribution < 1.29 is 22.0 Å². The Morgan fingerprint density at radius 2 is 1.63 bits per heavy atom. The van der Waals surface area contributed by atoms with Crippen LogP contribution in [0.25, 0.3) is 0 Å². The molecule has 27 heavy (non-hydrogen) atoms. The normalized spacial score (nSPS) is 13.9. The van der Waals surface area contributed by atoms with Crippen LogP contribution in [-0.2, 0) is 18.0 Å². The van der Waals surface area contributed by atoms with Crippen LogP contribution in [0.3, 0.4) is 0 Å². The van der Waals surface area contributed by atoms with E-state index in [2.05, 4.69) is 0 Å². The molecule has 5 nitrogen and oxygen atoms in total. The second-order valence-corrected chi connectivity index (χ2v) is 13.6. The largest absolute Gasteiger partial charge is 0.440 e. The number of rotatable bonds is 10. The Hall–Kier alpha value is -0.920. The summed E-state index contributed by atoms with van der Waals surface area (Å²) in [5.74, 6) is 1.05. The monoisotopic (exact) mass is 446 g/mol. The maximum atomic E-state index is 12.7. The highest BCUT2D eigenvalue weighted by Gasteiger charge is 2.26. The van der Waals surface area contributed by atoms with Gasteiger partial charge in [0.2, 0.25) is 8.87 Å². The molecule has 0 aromatic heterocycles. The Labute approximate surface area is 168 Å². The molecule has 0 spiro atoms. The van der Waals surface area contributed by atoms with Crippen molar-refractivity contribution in [1.82, 2.24) is 0 Å². The van der Waals surface area contributed by atoms with Gasteiger partial charge in [0.1, 0.15) is 5.75 Å². The van der Waals surface area contributed by atoms with Crippen molar-refractivity contribution in [2.75, 3.05) is 12.4 Å². The first kappa shape index (κ1) is 22.4. The highest BCUT2D eigenvalue weighted by molar-refractivity contribution is 8.72. The minimum atomic E-state index is -3.51. The molecule has 2 aromatic rings. The summed E-state index contributed by atoms with van der Waals surface area (Å²) in [7, 11) is -2.74. The van der Waals surface area contributed by atoms with Crippen molar-refractivity contribution in [3.8, 4) is 5.75 Å². The molecule has 0 saturated heterocycles. The van der Waals surface area contributed by atoms with Crippen LogP contribution in [0, 0.1) is 6.92 Å². The molecule has 0 aliphatic heterocycles. The van der Waals surface area contributed by atoms with Crippen LogP contribution < -0.4 is 4.52 Å². The molecule has 2 aromatic carbocycles. The van der Waals surface area contributed by atoms with Crippen LogP contribution in [0.4, 0.5) is 0 Å². The average molecular weight is 447 g/mol. The fraction of sp³-hybridized carbons (Fsp3) is 0.333. The molecule has 1 atom stereocenters. The van der Waals surface area contributed by atoms with Gasteiger partial charge >= 0.3 is 6.80 Å². The molecule has 0 heterocycles. The van der Waals surface area contributed by atoms with Crippen LogP contribution in [-0.4, -0.2) is 20.8 Å². The standard InChI is InChI=1S/C18H23O5PS3/c1-4-14-25-24(19,22-5-2)23-16-8-10-17(11-9-16)26-27(20,21)18-12-6-15(3)7-13-18/h6-13H,4-5,14H2,1-3H3. The molecular weight excluding hydrogens is 423 g/mol. The van der Waals surface area contributed by atoms with Crippen molar-refractivity contribution in [3.05, 3.63) is 54.1 Å². The van der Waals surface area contributed by atoms with E-state index in [1.807, 2.05) is 13.8 Å². The molecule has 0 aliphatic rings. The average Bonchev–Trinajstić information content (AvgIpc) is 2.62. The third-order valence-corrected chi connectivity index (χ3v) is 10.6. The van der Waals surface area contributed by atoms with Crippen LogP contribution in [0.2, 0.25) is 0 Å². The third kappa shape index (κ3) is 6.88. The van der Waals surface area contributed by atoms with Crippen LogP contribution in [0.5, 0.6) is 5.75 Å². The van der Waals surface area contributed by atoms with Gasteiger partial charge in [-0.25, -0.2) is 13.0 Å². The Morgan fingerprint density at radius 1 is 1.00 bits per heavy atom. The smallest absolute Gasteiger partial charge is 0.417 e. The number of benzene rings is 2. The topological polar surface area (TPSA) is 69.7 Å². The van der Waals surface area contributed by atoms with Gasteiger partial charge in [-0.1, -0.05) is 24.6 Å². The summed E-state index contributed by atoms with van der Waals surface area (Å²) in [5, 5.41) is 0. The summed E-state index contributed by atoms with van der Waals surface area (Å²) in [5.41, 5.74) is 1.00. The molecule has 9 heteroatoms. The van der Waals surface area contributed by atoms with Gasteiger partial charge in [0.05, 0.1) is 11.5 Å². The van der Waals surface area contributed by atoms with Crippen LogP contribution >= 0.6 is 29.0 Å². The van der Waals surface area contributed by atoms with E-state index >= 15 is 0 Å². The van der Waals surface area contributed by atoms with Crippen molar-refractivity contribution >= 4 is 37.8 Å². The Kier molecular flexibility index (Phi) is 8.31. The summed E-state index contributed by atoms with van der Waals surface area (Å²) in [4.78, 5) is 0.811. The molecule has 1 unspecified atom stereocenters. The first-order valence-corrected chi connectivity index (χ1v) is 14.4. The fourth-order valence-corrected chi connectivity index (χ4v) is 8.25. The Morgan fingerprint density at radius 3 is 2.19 bits per heavy atom. The van der Waals surface area contributed by atoms with Gasteiger partial charge in [0, 0.05) is 21.4 Å². The van der Waals surface area contributed by atoms with Crippen molar-refractivity contribution in [2.24, 2.45) is 0 Å². The predicted octanol–water partition coefficient (Wildman–Crippen LogP) is 6.14. The lowest BCUT2D eigenvalue weighted by Crippen LogP contribution is -1.97. The second kappa shape index (κ2) is 10.0. The van der Waals surface area contributed by atoms with Crippen molar-refractivity contribution in [2.45, 2.75) is 37.0 Å². The third-order valence-electron chi connectivity index (χ3n) is 3.30. The molecule has 0 bridgehead atoms. The summed E-state index contributed by atoms with van der Waals surface area (Å²) in [6.07, 6.45) is 0.859. The molecule has 0 aliphatic carbocycles. The van der Waals surface area contributed by atoms with Gasteiger partial charge in [-0.15, -0.1) is 0 Å². The van der Waals surface area contributed by atoms with E-state index in [4.69, 9.17) is 9.05 Å². The molecule has 2 rings (SSSR count). The first-order chi connectivity index (χ1) is 12.8. The first-order valence-electron chi connectivity index (χ1n) is 8.48. The molecule has 0 radical (unpaired) electrons. The zero-order chi connectivity index (χ0) is 19.9. The summed E-state index contributed by atoms with van der Waals surface area (Å²) >= 11 is 1.17. The molecule has 0 N–H and O–H groups in total. The maximum absolute atomic E-state index is 12.7. The highest BCUT2D eigenvalue weighted by atomic mass is 33.1. The zero-order valence-electron chi connectivity index (χ0n) is 15.5. The van der Waals surface area contributed by atoms with E-state index < -0.39 is 15.7 Å². The molecule has 0 amide bonds. The highest BCUT2D eigenvalue weighted by Crippen LogP contribution is 2.60. The quantitative estimate of drug-likeness (QED) is 0.320. The molecule has 148 valence electrons. The Bertz CT molecular complexity index is 880. The summed E-state index contributed by atoms with van der Waals surface area (Å²) in [6.45, 7) is 2.67. The lowest BCUT2D eigenvalue weighted by atomic mass is 10.2. The van der Waals surface area contributed by atoms with E-state index in [1.165, 1.54) is 11.4 Å². The Balaban J connectivity index is 2.10. The van der Waals surface area contributed by atoms with Gasteiger partial charge < -0.3 is 4.52 Å². The molecule has 0 saturated carbocycles. The lowest BCUT2D eigenvalue weighted by Gasteiger charge is -2.17. The van der Waals surface area contributed by atoms with E-state index in [-0.39, 0.29) is 11.5 Å². The van der Waals surface area contributed by atoms with E-state index in [1.54, 1.807) is 55.5 Å². The minimum absolute atomic E-state index is 0.259. The van der Waals surface area contributed by atoms with Gasteiger partial charge in [0.25, 0.3) is 0 Å². The lowest BCUT2D eigenvalue weighted by molar-refractivity contribution is 0.296. The summed E-state index contributed by atoms with van der Waals surface area (Å²) in [6, 6.07) is 13.2. The second-order valence-electron chi connectivity index (χ2n) is 5.61. The number of aryl methyl sites for hydroxylation is 1. The minimum Gasteiger partial charge on any atom is -0.417 e. The maximum Gasteiger partial charge on any atom is 0.440 e. The summed E-state index contributed by atoms with van der Waals surface area (Å²) < 4.78 is 48.5. The van der Waals surface area contributed by atoms with E-state index in [0.717, 1.165) is 22.8 Å². The van der Waals surface area contributed by atoms with E-state index in [9.17, 15) is 13.0 Å². The molecular formula is C18H23O5PS3. The van der Waals surface area contributed by atoms with Crippen LogP contribution in [0.15, 0.2) is 58.3 Å². The van der Waals surface area contributed by atoms with Crippen molar-refractivity contribution in [3.63, 3.8) is 0 Å². The zero-order valence-corrected chi connectivity index (χ0v) is 18.8. The van der Waals surface area contributed by atoms with Gasteiger partial charge in [-0.05, 0) is 68.0 Å². The van der Waals surface area contributed by atoms with Gasteiger partial charge in [0.15, 0.2) is 0 Å². The predicted molar refractivity (Wildman–Crippen MR) is 113 cm³/mol. The number of hydrogen-bond donors (Lipinski definition) is 0. The van der Waals surface area contributed by atoms with Gasteiger partial charge in [-0.2, -0.15) is 0 Å². The number of hydrogen-bond acceptors (Lipinski definition) is 7. The van der Waals surface area contributed by atoms with Crippen LogP contribution in [0.1, 0.15) is 25.8 Å². The fourth-order valence-electron chi connectivity index (χ4n) is 2.02. The van der Waals surface area contributed by atoms with E-state index in [0.29, 0.717) is 16.4 Å². The van der Waals surface area contributed by atoms with Gasteiger partial charge in [-0.3, -0.25) is 4.52 Å².